The number of ether oxygens (including phenoxy) is 1. The fraction of sp³-hybridized carbons (Fsp3) is 0.160. The Kier molecular flexibility index (Phi) is 5.82. The van der Waals surface area contributed by atoms with Gasteiger partial charge in [0.2, 0.25) is 0 Å². The van der Waals surface area contributed by atoms with Crippen LogP contribution in [0.4, 0.5) is 5.13 Å². The third-order valence-electron chi connectivity index (χ3n) is 5.21. The molecule has 0 radical (unpaired) electrons. The van der Waals surface area contributed by atoms with E-state index in [1.807, 2.05) is 30.3 Å². The maximum Gasteiger partial charge on any atom is 0.337 e. The maximum atomic E-state index is 13.5. The number of anilines is 1. The molecular weight excluding hydrogens is 408 g/mol. The number of carbonyl (C=O) groups excluding carboxylic acids is 2. The first-order chi connectivity index (χ1) is 15.0. The Labute approximate surface area is 184 Å². The molecule has 0 spiro atoms. The molecule has 0 aliphatic heterocycles. The molecule has 3 aromatic carbocycles. The molecule has 4 aromatic rings. The first-order valence-electron chi connectivity index (χ1n) is 9.88. The molecule has 0 unspecified atom stereocenters. The van der Waals surface area contributed by atoms with Crippen molar-refractivity contribution in [3.8, 4) is 0 Å². The maximum absolute atomic E-state index is 13.5. The average molecular weight is 431 g/mol. The molecule has 1 aromatic heterocycles. The van der Waals surface area contributed by atoms with Gasteiger partial charge in [0.15, 0.2) is 5.13 Å². The summed E-state index contributed by atoms with van der Waals surface area (Å²) in [5.74, 6) is -0.607. The number of benzene rings is 3. The molecule has 0 fully saturated rings. The minimum absolute atomic E-state index is 0.173. The number of amides is 1. The summed E-state index contributed by atoms with van der Waals surface area (Å²) in [5.41, 5.74) is 5.14. The van der Waals surface area contributed by atoms with Gasteiger partial charge >= 0.3 is 5.97 Å². The van der Waals surface area contributed by atoms with Crippen LogP contribution in [0.5, 0.6) is 0 Å². The first-order valence-corrected chi connectivity index (χ1v) is 10.7. The minimum Gasteiger partial charge on any atom is -0.465 e. The molecule has 6 heteroatoms. The van der Waals surface area contributed by atoms with E-state index in [4.69, 9.17) is 9.72 Å². The second-order valence-corrected chi connectivity index (χ2v) is 8.36. The zero-order valence-corrected chi connectivity index (χ0v) is 18.4. The molecule has 0 bridgehead atoms. The number of methoxy groups -OCH3 is 1. The summed E-state index contributed by atoms with van der Waals surface area (Å²) in [4.78, 5) is 31.7. The predicted octanol–water partition coefficient (Wildman–Crippen LogP) is 5.55. The predicted molar refractivity (Wildman–Crippen MR) is 124 cm³/mol. The number of aromatic nitrogens is 1. The zero-order valence-electron chi connectivity index (χ0n) is 17.6. The molecule has 1 amide bonds. The lowest BCUT2D eigenvalue weighted by molar-refractivity contribution is 0.0600. The molecule has 0 aliphatic carbocycles. The quantitative estimate of drug-likeness (QED) is 0.390. The van der Waals surface area contributed by atoms with Gasteiger partial charge < -0.3 is 4.74 Å². The Morgan fingerprint density at radius 2 is 1.58 bits per heavy atom. The van der Waals surface area contributed by atoms with E-state index in [9.17, 15) is 9.59 Å². The molecule has 0 saturated carbocycles. The molecule has 0 saturated heterocycles. The lowest BCUT2D eigenvalue weighted by Gasteiger charge is -2.20. The SMILES string of the molecule is COC(=O)c1ccc(C(=O)N(Cc2ccccc2)c2nc3cc(C)c(C)cc3s2)cc1. The van der Waals surface area contributed by atoms with E-state index >= 15 is 0 Å². The number of aryl methyl sites for hydroxylation is 2. The standard InChI is InChI=1S/C25H22N2O3S/c1-16-13-21-22(14-17(16)2)31-25(26-21)27(15-18-7-5-4-6-8-18)23(28)19-9-11-20(12-10-19)24(29)30-3/h4-14H,15H2,1-3H3. The van der Waals surface area contributed by atoms with Crippen molar-refractivity contribution in [2.24, 2.45) is 0 Å². The summed E-state index contributed by atoms with van der Waals surface area (Å²) in [6, 6.07) is 20.5. The molecule has 4 rings (SSSR count). The largest absolute Gasteiger partial charge is 0.465 e. The van der Waals surface area contributed by atoms with Crippen molar-refractivity contribution in [1.29, 1.82) is 0 Å². The van der Waals surface area contributed by atoms with E-state index in [-0.39, 0.29) is 5.91 Å². The Balaban J connectivity index is 1.74. The minimum atomic E-state index is -0.433. The molecule has 0 aliphatic rings. The van der Waals surface area contributed by atoms with Crippen molar-refractivity contribution >= 4 is 38.6 Å². The Morgan fingerprint density at radius 1 is 0.935 bits per heavy atom. The lowest BCUT2D eigenvalue weighted by Crippen LogP contribution is -2.30. The van der Waals surface area contributed by atoms with Crippen LogP contribution in [0.1, 0.15) is 37.4 Å². The number of nitrogens with zero attached hydrogens (tertiary/aromatic N) is 2. The summed E-state index contributed by atoms with van der Waals surface area (Å²) < 4.78 is 5.79. The Morgan fingerprint density at radius 3 is 2.26 bits per heavy atom. The number of thiazole rings is 1. The second-order valence-electron chi connectivity index (χ2n) is 7.35. The van der Waals surface area contributed by atoms with E-state index in [1.165, 1.54) is 29.6 Å². The van der Waals surface area contributed by atoms with Crippen LogP contribution in [0.2, 0.25) is 0 Å². The monoisotopic (exact) mass is 430 g/mol. The fourth-order valence-electron chi connectivity index (χ4n) is 3.30. The van der Waals surface area contributed by atoms with Crippen LogP contribution in [0.25, 0.3) is 10.2 Å². The van der Waals surface area contributed by atoms with Crippen LogP contribution >= 0.6 is 11.3 Å². The van der Waals surface area contributed by atoms with Gasteiger partial charge in [0.1, 0.15) is 0 Å². The average Bonchev–Trinajstić information content (AvgIpc) is 3.19. The highest BCUT2D eigenvalue weighted by Crippen LogP contribution is 2.32. The summed E-state index contributed by atoms with van der Waals surface area (Å²) >= 11 is 1.50. The van der Waals surface area contributed by atoms with Crippen molar-refractivity contribution in [3.05, 3.63) is 94.5 Å². The van der Waals surface area contributed by atoms with E-state index in [2.05, 4.69) is 26.0 Å². The summed E-state index contributed by atoms with van der Waals surface area (Å²) in [5, 5.41) is 0.644. The van der Waals surface area contributed by atoms with Crippen LogP contribution in [0.15, 0.2) is 66.7 Å². The van der Waals surface area contributed by atoms with E-state index < -0.39 is 5.97 Å². The highest BCUT2D eigenvalue weighted by molar-refractivity contribution is 7.22. The highest BCUT2D eigenvalue weighted by Gasteiger charge is 2.22. The van der Waals surface area contributed by atoms with E-state index in [0.29, 0.717) is 22.8 Å². The van der Waals surface area contributed by atoms with E-state index in [1.54, 1.807) is 29.2 Å². The zero-order chi connectivity index (χ0) is 22.0. The molecule has 31 heavy (non-hydrogen) atoms. The molecule has 5 nitrogen and oxygen atoms in total. The van der Waals surface area contributed by atoms with Crippen LogP contribution in [0, 0.1) is 13.8 Å². The van der Waals surface area contributed by atoms with Crippen LogP contribution < -0.4 is 4.90 Å². The topological polar surface area (TPSA) is 59.5 Å². The number of esters is 1. The van der Waals surface area contributed by atoms with Crippen LogP contribution in [-0.2, 0) is 11.3 Å². The number of rotatable bonds is 5. The smallest absolute Gasteiger partial charge is 0.337 e. The lowest BCUT2D eigenvalue weighted by atomic mass is 10.1. The van der Waals surface area contributed by atoms with E-state index in [0.717, 1.165) is 15.8 Å². The second kappa shape index (κ2) is 8.70. The third kappa shape index (κ3) is 4.34. The molecule has 0 N–H and O–H groups in total. The summed E-state index contributed by atoms with van der Waals surface area (Å²) in [6.45, 7) is 4.53. The van der Waals surface area contributed by atoms with Gasteiger partial charge in [-0.2, -0.15) is 0 Å². The summed E-state index contributed by atoms with van der Waals surface area (Å²) in [7, 11) is 1.33. The Hall–Kier alpha value is -3.51. The van der Waals surface area contributed by atoms with Crippen molar-refractivity contribution < 1.29 is 14.3 Å². The van der Waals surface area contributed by atoms with Crippen LogP contribution in [0.3, 0.4) is 0 Å². The molecule has 1 heterocycles. The van der Waals surface area contributed by atoms with Gasteiger partial charge in [-0.25, -0.2) is 9.78 Å². The molecule has 156 valence electrons. The van der Waals surface area contributed by atoms with Gasteiger partial charge in [-0.3, -0.25) is 9.69 Å². The van der Waals surface area contributed by atoms with Crippen molar-refractivity contribution in [2.75, 3.05) is 12.0 Å². The Bertz CT molecular complexity index is 1210. The van der Waals surface area contributed by atoms with Gasteiger partial charge in [0.25, 0.3) is 5.91 Å². The molecular formula is C25H22N2O3S. The van der Waals surface area contributed by atoms with Crippen LogP contribution in [-0.4, -0.2) is 24.0 Å². The fourth-order valence-corrected chi connectivity index (χ4v) is 4.34. The van der Waals surface area contributed by atoms with Crippen molar-refractivity contribution in [1.82, 2.24) is 4.98 Å². The number of carbonyl (C=O) groups is 2. The number of hydrogen-bond acceptors (Lipinski definition) is 5. The number of hydrogen-bond donors (Lipinski definition) is 0. The third-order valence-corrected chi connectivity index (χ3v) is 6.25. The van der Waals surface area contributed by atoms with Crippen molar-refractivity contribution in [2.45, 2.75) is 20.4 Å². The van der Waals surface area contributed by atoms with Gasteiger partial charge in [-0.05, 0) is 66.9 Å². The number of fused-ring (bicyclic) bond motifs is 1. The van der Waals surface area contributed by atoms with Gasteiger partial charge in [0, 0.05) is 5.56 Å². The molecule has 0 atom stereocenters. The van der Waals surface area contributed by atoms with Gasteiger partial charge in [-0.1, -0.05) is 41.7 Å². The summed E-state index contributed by atoms with van der Waals surface area (Å²) in [6.07, 6.45) is 0. The van der Waals surface area contributed by atoms with Crippen molar-refractivity contribution in [3.63, 3.8) is 0 Å². The first kappa shape index (κ1) is 20.8. The highest BCUT2D eigenvalue weighted by atomic mass is 32.1. The normalized spacial score (nSPS) is 10.8. The van der Waals surface area contributed by atoms with Gasteiger partial charge in [0.05, 0.1) is 29.4 Å². The van der Waals surface area contributed by atoms with Gasteiger partial charge in [-0.15, -0.1) is 0 Å².